The standard InChI is InChI=1S/C5H9NO3/c1-4(7)9-5-2-3-6(5)8/h5-6H,2-3H2,1H3. The molecule has 0 radical (unpaired) electrons. The minimum absolute atomic E-state index is 0.0465. The molecule has 52 valence electrons. The number of hydrogen-bond donors (Lipinski definition) is 1. The molecular formula is C5H9NO3. The average molecular weight is 131 g/mol. The minimum atomic E-state index is -0.414. The summed E-state index contributed by atoms with van der Waals surface area (Å²) in [7, 11) is 0. The molecule has 0 aromatic rings. The molecule has 0 bridgehead atoms. The molecule has 0 aliphatic carbocycles. The fraction of sp³-hybridized carbons (Fsp3) is 0.800. The highest BCUT2D eigenvalue weighted by atomic mass is 16.6. The molecule has 4 nitrogen and oxygen atoms in total. The summed E-state index contributed by atoms with van der Waals surface area (Å²) in [6, 6.07) is 0. The molecule has 1 fully saturated rings. The lowest BCUT2D eigenvalue weighted by atomic mass is 10.2. The monoisotopic (exact) mass is 131 g/mol. The van der Waals surface area contributed by atoms with E-state index in [1.165, 1.54) is 6.92 Å². The third-order valence-electron chi connectivity index (χ3n) is 1.32. The Labute approximate surface area is 53.0 Å². The maximum absolute atomic E-state index is 10.5. The Morgan fingerprint density at radius 3 is 2.67 bits per heavy atom. The molecule has 4 heteroatoms. The molecule has 0 amide bonds. The first-order valence-electron chi connectivity index (χ1n) is 2.90. The number of rotatable bonds is 1. The van der Waals surface area contributed by atoms with Crippen molar-refractivity contribution in [3.63, 3.8) is 0 Å². The summed E-state index contributed by atoms with van der Waals surface area (Å²) in [6.07, 6.45) is 0.292. The van der Waals surface area contributed by atoms with Crippen molar-refractivity contribution < 1.29 is 14.6 Å². The van der Waals surface area contributed by atoms with Gasteiger partial charge in [-0.3, -0.25) is 4.79 Å². The Morgan fingerprint density at radius 2 is 2.56 bits per heavy atom. The van der Waals surface area contributed by atoms with Crippen LogP contribution in [0.5, 0.6) is 0 Å². The lowest BCUT2D eigenvalue weighted by molar-refractivity contribution is -0.943. The van der Waals surface area contributed by atoms with Crippen molar-refractivity contribution in [2.45, 2.75) is 19.6 Å². The second kappa shape index (κ2) is 2.33. The van der Waals surface area contributed by atoms with Crippen molar-refractivity contribution in [1.82, 2.24) is 0 Å². The lowest BCUT2D eigenvalue weighted by Gasteiger charge is -2.38. The quantitative estimate of drug-likeness (QED) is 0.354. The van der Waals surface area contributed by atoms with E-state index >= 15 is 0 Å². The molecule has 1 heterocycles. The van der Waals surface area contributed by atoms with Crippen LogP contribution in [-0.2, 0) is 9.53 Å². The van der Waals surface area contributed by atoms with Gasteiger partial charge in [0.05, 0.1) is 13.0 Å². The van der Waals surface area contributed by atoms with Crippen LogP contribution in [0.25, 0.3) is 0 Å². The van der Waals surface area contributed by atoms with Gasteiger partial charge in [-0.25, -0.2) is 0 Å². The van der Waals surface area contributed by atoms with E-state index in [0.717, 1.165) is 0 Å². The highest BCUT2D eigenvalue weighted by molar-refractivity contribution is 5.66. The number of nitrogens with one attached hydrogen (secondary N) is 1. The van der Waals surface area contributed by atoms with Crippen LogP contribution in [0.4, 0.5) is 0 Å². The Hall–Kier alpha value is -0.610. The first kappa shape index (κ1) is 6.51. The van der Waals surface area contributed by atoms with Crippen LogP contribution in [-0.4, -0.2) is 18.7 Å². The third-order valence-corrected chi connectivity index (χ3v) is 1.32. The summed E-state index contributed by atoms with van der Waals surface area (Å²) < 4.78 is 4.61. The molecular weight excluding hydrogens is 122 g/mol. The molecule has 9 heavy (non-hydrogen) atoms. The van der Waals surface area contributed by atoms with E-state index in [1.54, 1.807) is 0 Å². The molecule has 1 saturated heterocycles. The molecule has 0 spiro atoms. The van der Waals surface area contributed by atoms with Gasteiger partial charge >= 0.3 is 5.97 Å². The molecule has 2 unspecified atom stereocenters. The molecule has 0 aromatic heterocycles. The van der Waals surface area contributed by atoms with E-state index in [9.17, 15) is 10.0 Å². The highest BCUT2D eigenvalue weighted by Gasteiger charge is 2.28. The number of carbonyl (C=O) groups excluding carboxylic acids is 1. The summed E-state index contributed by atoms with van der Waals surface area (Å²) >= 11 is 0. The fourth-order valence-electron chi connectivity index (χ4n) is 0.705. The van der Waals surface area contributed by atoms with Gasteiger partial charge in [0, 0.05) is 6.92 Å². The largest absolute Gasteiger partial charge is 0.632 e. The van der Waals surface area contributed by atoms with E-state index < -0.39 is 6.23 Å². The van der Waals surface area contributed by atoms with E-state index in [4.69, 9.17) is 0 Å². The average Bonchev–Trinajstić information content (AvgIpc) is 1.79. The second-order valence-electron chi connectivity index (χ2n) is 2.10. The summed E-state index contributed by atoms with van der Waals surface area (Å²) in [5, 5.41) is 10.5. The van der Waals surface area contributed by atoms with Gasteiger partial charge in [-0.2, -0.15) is 0 Å². The number of carbonyl (C=O) groups is 1. The van der Waals surface area contributed by atoms with E-state index in [1.807, 2.05) is 0 Å². The van der Waals surface area contributed by atoms with Gasteiger partial charge in [-0.15, -0.1) is 0 Å². The van der Waals surface area contributed by atoms with Crippen molar-refractivity contribution in [3.8, 4) is 0 Å². The Morgan fingerprint density at radius 1 is 1.89 bits per heavy atom. The summed E-state index contributed by atoms with van der Waals surface area (Å²) in [5.41, 5.74) is 0. The van der Waals surface area contributed by atoms with Gasteiger partial charge in [0.2, 0.25) is 6.23 Å². The lowest BCUT2D eigenvalue weighted by Crippen LogP contribution is -3.18. The Kier molecular flexibility index (Phi) is 1.68. The van der Waals surface area contributed by atoms with Crippen LogP contribution in [0.1, 0.15) is 13.3 Å². The normalized spacial score (nSPS) is 33.1. The summed E-state index contributed by atoms with van der Waals surface area (Å²) in [6.45, 7) is 1.88. The van der Waals surface area contributed by atoms with Crippen LogP contribution in [0.2, 0.25) is 0 Å². The minimum Gasteiger partial charge on any atom is -0.632 e. The smallest absolute Gasteiger partial charge is 0.307 e. The van der Waals surface area contributed by atoms with Crippen LogP contribution < -0.4 is 5.06 Å². The molecule has 1 rings (SSSR count). The third kappa shape index (κ3) is 1.40. The van der Waals surface area contributed by atoms with Crippen molar-refractivity contribution in [2.24, 2.45) is 0 Å². The maximum atomic E-state index is 10.5. The molecule has 2 atom stereocenters. The first-order chi connectivity index (χ1) is 4.20. The van der Waals surface area contributed by atoms with Crippen LogP contribution >= 0.6 is 0 Å². The number of ether oxygens (including phenoxy) is 1. The predicted octanol–water partition coefficient (Wildman–Crippen LogP) is -1.34. The zero-order valence-electron chi connectivity index (χ0n) is 5.22. The summed E-state index contributed by atoms with van der Waals surface area (Å²) in [4.78, 5) is 10.2. The van der Waals surface area contributed by atoms with Crippen molar-refractivity contribution in [2.75, 3.05) is 6.54 Å². The van der Waals surface area contributed by atoms with Crippen molar-refractivity contribution in [3.05, 3.63) is 5.21 Å². The van der Waals surface area contributed by atoms with Crippen LogP contribution in [0, 0.1) is 5.21 Å². The van der Waals surface area contributed by atoms with E-state index in [0.29, 0.717) is 13.0 Å². The second-order valence-corrected chi connectivity index (χ2v) is 2.10. The zero-order chi connectivity index (χ0) is 6.85. The first-order valence-corrected chi connectivity index (χ1v) is 2.90. The molecule has 0 aromatic carbocycles. The number of quaternary nitrogens is 1. The van der Waals surface area contributed by atoms with Gasteiger partial charge in [-0.1, -0.05) is 0 Å². The van der Waals surface area contributed by atoms with Gasteiger partial charge in [0.25, 0.3) is 0 Å². The molecule has 1 N–H and O–H groups in total. The van der Waals surface area contributed by atoms with Gasteiger partial charge < -0.3 is 15.0 Å². The van der Waals surface area contributed by atoms with Crippen LogP contribution in [0.15, 0.2) is 0 Å². The predicted molar refractivity (Wildman–Crippen MR) is 29.4 cm³/mol. The zero-order valence-corrected chi connectivity index (χ0v) is 5.22. The Bertz CT molecular complexity index is 125. The van der Waals surface area contributed by atoms with Gasteiger partial charge in [0.15, 0.2) is 0 Å². The SMILES string of the molecule is CC(=O)OC1CC[NH+]1[O-]. The molecule has 0 saturated carbocycles. The van der Waals surface area contributed by atoms with Crippen molar-refractivity contribution >= 4 is 5.97 Å². The number of hydrogen-bond acceptors (Lipinski definition) is 3. The van der Waals surface area contributed by atoms with Crippen LogP contribution in [0.3, 0.4) is 0 Å². The van der Waals surface area contributed by atoms with Crippen molar-refractivity contribution in [1.29, 1.82) is 0 Å². The molecule has 1 aliphatic heterocycles. The van der Waals surface area contributed by atoms with Gasteiger partial charge in [0.1, 0.15) is 0 Å². The number of hydroxylamine groups is 2. The Balaban J connectivity index is 2.21. The van der Waals surface area contributed by atoms with E-state index in [2.05, 4.69) is 4.74 Å². The fourth-order valence-corrected chi connectivity index (χ4v) is 0.705. The maximum Gasteiger partial charge on any atom is 0.307 e. The topological polar surface area (TPSA) is 53.8 Å². The van der Waals surface area contributed by atoms with Gasteiger partial charge in [-0.05, 0) is 0 Å². The highest BCUT2D eigenvalue weighted by Crippen LogP contribution is 1.96. The summed E-state index contributed by atoms with van der Waals surface area (Å²) in [5.74, 6) is -0.368. The number of esters is 1. The van der Waals surface area contributed by atoms with E-state index in [-0.39, 0.29) is 11.0 Å². The molecule has 1 aliphatic rings.